The van der Waals surface area contributed by atoms with Crippen molar-refractivity contribution in [2.24, 2.45) is 5.73 Å². The van der Waals surface area contributed by atoms with Gasteiger partial charge < -0.3 is 21.3 Å². The number of hydrogen-bond acceptors (Lipinski definition) is 6. The van der Waals surface area contributed by atoms with E-state index in [0.717, 1.165) is 31.1 Å². The molecule has 1 aliphatic rings. The number of halogens is 1. The minimum Gasteiger partial charge on any atom is -0.394 e. The van der Waals surface area contributed by atoms with E-state index in [0.29, 0.717) is 12.8 Å². The molecule has 27 heavy (non-hydrogen) atoms. The maximum Gasteiger partial charge on any atom is 0.250 e. The molecule has 0 spiro atoms. The summed E-state index contributed by atoms with van der Waals surface area (Å²) in [5, 5.41) is 22.7. The van der Waals surface area contributed by atoms with Gasteiger partial charge in [-0.25, -0.2) is 8.42 Å². The Bertz CT molecular complexity index is 718. The maximum atomic E-state index is 12.4. The van der Waals surface area contributed by atoms with E-state index in [1.165, 1.54) is 12.1 Å². The number of nitrogens with two attached hydrogens (primary N) is 1. The van der Waals surface area contributed by atoms with Crippen molar-refractivity contribution in [1.82, 2.24) is 5.32 Å². The van der Waals surface area contributed by atoms with Crippen molar-refractivity contribution in [1.29, 1.82) is 0 Å². The molecule has 5 N–H and O–H groups in total. The summed E-state index contributed by atoms with van der Waals surface area (Å²) in [6, 6.07) is 5.37. The largest absolute Gasteiger partial charge is 0.394 e. The number of sulfone groups is 1. The third-order valence-electron chi connectivity index (χ3n) is 5.00. The molecule has 0 aromatic heterocycles. The lowest BCUT2D eigenvalue weighted by atomic mass is 9.82. The zero-order valence-corrected chi connectivity index (χ0v) is 17.1. The predicted molar refractivity (Wildman–Crippen MR) is 106 cm³/mol. The molecule has 0 aliphatic heterocycles. The molecule has 154 valence electrons. The summed E-state index contributed by atoms with van der Waals surface area (Å²) in [6.45, 7) is -0.159. The highest BCUT2D eigenvalue weighted by Crippen LogP contribution is 2.28. The van der Waals surface area contributed by atoms with Crippen LogP contribution in [0, 0.1) is 0 Å². The summed E-state index contributed by atoms with van der Waals surface area (Å²) in [6.07, 6.45) is 4.24. The second-order valence-corrected chi connectivity index (χ2v) is 9.23. The quantitative estimate of drug-likeness (QED) is 0.509. The molecule has 2 rings (SSSR count). The van der Waals surface area contributed by atoms with Crippen LogP contribution in [-0.4, -0.2) is 55.1 Å². The Kier molecular flexibility index (Phi) is 8.69. The monoisotopic (exact) mass is 420 g/mol. The van der Waals surface area contributed by atoms with Crippen molar-refractivity contribution in [3.63, 3.8) is 0 Å². The Morgan fingerprint density at radius 3 is 2.26 bits per heavy atom. The number of aliphatic hydroxyl groups is 2. The van der Waals surface area contributed by atoms with E-state index >= 15 is 0 Å². The number of hydrogen-bond donors (Lipinski definition) is 4. The van der Waals surface area contributed by atoms with Gasteiger partial charge in [0.25, 0.3) is 5.91 Å². The third kappa shape index (κ3) is 6.43. The van der Waals surface area contributed by atoms with Gasteiger partial charge in [0.2, 0.25) is 0 Å². The Morgan fingerprint density at radius 1 is 1.22 bits per heavy atom. The van der Waals surface area contributed by atoms with Crippen molar-refractivity contribution in [2.45, 2.75) is 61.1 Å². The number of aliphatic hydroxyl groups excluding tert-OH is 2. The van der Waals surface area contributed by atoms with E-state index in [2.05, 4.69) is 5.32 Å². The van der Waals surface area contributed by atoms with Crippen LogP contribution < -0.4 is 11.1 Å². The summed E-state index contributed by atoms with van der Waals surface area (Å²) < 4.78 is 22.9. The fourth-order valence-electron chi connectivity index (χ4n) is 3.34. The zero-order valence-electron chi connectivity index (χ0n) is 15.4. The van der Waals surface area contributed by atoms with Crippen LogP contribution in [0.25, 0.3) is 0 Å². The van der Waals surface area contributed by atoms with Crippen LogP contribution in [0.2, 0.25) is 0 Å². The Morgan fingerprint density at radius 2 is 1.78 bits per heavy atom. The average molecular weight is 421 g/mol. The molecular formula is C18H29ClN2O5S. The van der Waals surface area contributed by atoms with Crippen LogP contribution >= 0.6 is 12.4 Å². The Balaban J connectivity index is 0.00000364. The Labute approximate surface area is 166 Å². The minimum absolute atomic E-state index is 0. The first kappa shape index (κ1) is 23.8. The molecule has 1 saturated carbocycles. The molecule has 1 fully saturated rings. The lowest BCUT2D eigenvalue weighted by molar-refractivity contribution is -0.133. The van der Waals surface area contributed by atoms with Crippen molar-refractivity contribution >= 4 is 28.2 Å². The molecular weight excluding hydrogens is 392 g/mol. The predicted octanol–water partition coefficient (Wildman–Crippen LogP) is 0.554. The summed E-state index contributed by atoms with van der Waals surface area (Å²) in [5.41, 5.74) is 6.03. The second kappa shape index (κ2) is 9.84. The van der Waals surface area contributed by atoms with Crippen LogP contribution in [0.4, 0.5) is 0 Å². The molecule has 0 unspecified atom stereocenters. The van der Waals surface area contributed by atoms with Crippen LogP contribution in [0.15, 0.2) is 29.2 Å². The van der Waals surface area contributed by atoms with E-state index in [1.54, 1.807) is 12.1 Å². The Hall–Kier alpha value is -1.19. The minimum atomic E-state index is -3.27. The van der Waals surface area contributed by atoms with Gasteiger partial charge in [0.15, 0.2) is 9.84 Å². The van der Waals surface area contributed by atoms with Gasteiger partial charge >= 0.3 is 0 Å². The first-order valence-electron chi connectivity index (χ1n) is 8.82. The van der Waals surface area contributed by atoms with Crippen LogP contribution in [-0.2, 0) is 21.1 Å². The smallest absolute Gasteiger partial charge is 0.250 e. The number of amides is 1. The van der Waals surface area contributed by atoms with E-state index in [4.69, 9.17) is 5.73 Å². The van der Waals surface area contributed by atoms with Gasteiger partial charge in [0, 0.05) is 12.3 Å². The van der Waals surface area contributed by atoms with Crippen molar-refractivity contribution in [3.8, 4) is 0 Å². The van der Waals surface area contributed by atoms with E-state index < -0.39 is 33.4 Å². The van der Waals surface area contributed by atoms with Gasteiger partial charge in [-0.1, -0.05) is 31.4 Å². The molecule has 0 saturated heterocycles. The summed E-state index contributed by atoms with van der Waals surface area (Å²) in [5.74, 6) is -0.582. The highest BCUT2D eigenvalue weighted by atomic mass is 35.5. The van der Waals surface area contributed by atoms with Gasteiger partial charge in [-0.3, -0.25) is 4.79 Å². The molecule has 9 heteroatoms. The second-order valence-electron chi connectivity index (χ2n) is 7.22. The fraction of sp³-hybridized carbons (Fsp3) is 0.611. The third-order valence-corrected chi connectivity index (χ3v) is 6.13. The number of carbonyl (C=O) groups is 1. The molecule has 0 radical (unpaired) electrons. The molecule has 0 bridgehead atoms. The van der Waals surface area contributed by atoms with Crippen molar-refractivity contribution in [3.05, 3.63) is 29.8 Å². The fourth-order valence-corrected chi connectivity index (χ4v) is 3.97. The van der Waals surface area contributed by atoms with Gasteiger partial charge in [-0.05, 0) is 37.0 Å². The van der Waals surface area contributed by atoms with Gasteiger partial charge in [0.05, 0.1) is 17.0 Å². The number of benzene rings is 1. The van der Waals surface area contributed by atoms with Crippen molar-refractivity contribution < 1.29 is 23.4 Å². The average Bonchev–Trinajstić information content (AvgIpc) is 2.61. The molecule has 1 aromatic rings. The molecule has 0 heterocycles. The maximum absolute atomic E-state index is 12.4. The number of nitrogens with one attached hydrogen (secondary N) is 1. The van der Waals surface area contributed by atoms with Gasteiger partial charge in [-0.15, -0.1) is 12.4 Å². The van der Waals surface area contributed by atoms with Crippen molar-refractivity contribution in [2.75, 3.05) is 12.9 Å². The molecule has 1 amide bonds. The lowest BCUT2D eigenvalue weighted by Gasteiger charge is -2.37. The van der Waals surface area contributed by atoms with Crippen LogP contribution in [0.1, 0.15) is 37.7 Å². The van der Waals surface area contributed by atoms with E-state index in [1.807, 2.05) is 0 Å². The van der Waals surface area contributed by atoms with Crippen LogP contribution in [0.3, 0.4) is 0 Å². The van der Waals surface area contributed by atoms with Crippen LogP contribution in [0.5, 0.6) is 0 Å². The standard InChI is InChI=1S/C18H28N2O5S.ClH/c1-26(24,25)14-7-5-13(6-8-14)11-15(19)16(22)17(23)20-18(12-21)9-3-2-4-10-18;/h5-8,15-16,21-22H,2-4,9-12,19H2,1H3,(H,20,23);1H/t15-,16+;/m1./s1. The molecule has 2 atom stereocenters. The summed E-state index contributed by atoms with van der Waals surface area (Å²) >= 11 is 0. The molecule has 1 aliphatic carbocycles. The van der Waals surface area contributed by atoms with E-state index in [-0.39, 0.29) is 30.3 Å². The number of carbonyl (C=O) groups excluding carboxylic acids is 1. The SMILES string of the molecule is CS(=O)(=O)c1ccc(C[C@@H](N)[C@H](O)C(=O)NC2(CO)CCCCC2)cc1.Cl. The zero-order chi connectivity index (χ0) is 19.4. The topological polar surface area (TPSA) is 130 Å². The normalized spacial score (nSPS) is 18.8. The molecule has 7 nitrogen and oxygen atoms in total. The molecule has 1 aromatic carbocycles. The summed E-state index contributed by atoms with van der Waals surface area (Å²) in [4.78, 5) is 12.6. The van der Waals surface area contributed by atoms with E-state index in [9.17, 15) is 23.4 Å². The number of rotatable bonds is 7. The van der Waals surface area contributed by atoms with Gasteiger partial charge in [0.1, 0.15) is 6.10 Å². The first-order chi connectivity index (χ1) is 12.2. The lowest BCUT2D eigenvalue weighted by Crippen LogP contribution is -2.58. The van der Waals surface area contributed by atoms with Gasteiger partial charge in [-0.2, -0.15) is 0 Å². The highest BCUT2D eigenvalue weighted by Gasteiger charge is 2.35. The highest BCUT2D eigenvalue weighted by molar-refractivity contribution is 7.90. The summed E-state index contributed by atoms with van der Waals surface area (Å²) in [7, 11) is -3.27. The first-order valence-corrected chi connectivity index (χ1v) is 10.7.